The number of hydrogen-bond donors (Lipinski definition) is 1. The molecule has 0 aliphatic heterocycles. The molecule has 2 aliphatic rings. The highest BCUT2D eigenvalue weighted by Gasteiger charge is 2.42. The van der Waals surface area contributed by atoms with E-state index in [1.807, 2.05) is 36.4 Å². The summed E-state index contributed by atoms with van der Waals surface area (Å²) < 4.78 is 0. The van der Waals surface area contributed by atoms with Crippen molar-refractivity contribution < 1.29 is 0 Å². The summed E-state index contributed by atoms with van der Waals surface area (Å²) in [5.74, 6) is 0.664. The van der Waals surface area contributed by atoms with Crippen molar-refractivity contribution in [3.8, 4) is 22.6 Å². The van der Waals surface area contributed by atoms with Crippen molar-refractivity contribution in [1.82, 2.24) is 9.97 Å². The SMILES string of the molecule is O=c1[nH]c(-c2ccccc2)nc2c1C1(CCCCC1)Cc1ccccc1-2. The minimum absolute atomic E-state index is 0.0439. The standard InChI is InChI=1S/C23H22N2O/c26-22-19-20(24-21(25-22)16-9-3-1-4-10-16)18-12-6-5-11-17(18)15-23(19)13-7-2-8-14-23/h1,3-6,9-12H,2,7-8,13-15H2,(H,24,25,26). The van der Waals surface area contributed by atoms with Gasteiger partial charge in [0, 0.05) is 16.5 Å². The lowest BCUT2D eigenvalue weighted by molar-refractivity contribution is 0.285. The number of hydrogen-bond acceptors (Lipinski definition) is 2. The number of nitrogens with one attached hydrogen (secondary N) is 1. The van der Waals surface area contributed by atoms with Crippen LogP contribution in [0.5, 0.6) is 0 Å². The topological polar surface area (TPSA) is 45.8 Å². The Morgan fingerprint density at radius 3 is 2.42 bits per heavy atom. The fourth-order valence-corrected chi connectivity index (χ4v) is 4.91. The van der Waals surface area contributed by atoms with E-state index in [0.29, 0.717) is 5.82 Å². The third-order valence-electron chi connectivity index (χ3n) is 6.11. The number of benzene rings is 2. The van der Waals surface area contributed by atoms with Crippen LogP contribution in [0.4, 0.5) is 0 Å². The van der Waals surface area contributed by atoms with Gasteiger partial charge in [0.1, 0.15) is 5.82 Å². The lowest BCUT2D eigenvalue weighted by Crippen LogP contribution is -2.40. The van der Waals surface area contributed by atoms with Crippen molar-refractivity contribution in [2.24, 2.45) is 0 Å². The maximum Gasteiger partial charge on any atom is 0.255 e. The summed E-state index contributed by atoms with van der Waals surface area (Å²) in [6.07, 6.45) is 6.80. The predicted molar refractivity (Wildman–Crippen MR) is 104 cm³/mol. The molecule has 5 rings (SSSR count). The molecule has 3 aromatic rings. The summed E-state index contributed by atoms with van der Waals surface area (Å²) in [7, 11) is 0. The maximum atomic E-state index is 13.2. The summed E-state index contributed by atoms with van der Waals surface area (Å²) >= 11 is 0. The van der Waals surface area contributed by atoms with Crippen molar-refractivity contribution in [3.63, 3.8) is 0 Å². The average Bonchev–Trinajstić information content (AvgIpc) is 2.69. The average molecular weight is 342 g/mol. The number of rotatable bonds is 1. The number of nitrogens with zero attached hydrogens (tertiary/aromatic N) is 1. The van der Waals surface area contributed by atoms with E-state index in [0.717, 1.165) is 41.6 Å². The minimum atomic E-state index is -0.0439. The molecule has 1 N–H and O–H groups in total. The quantitative estimate of drug-likeness (QED) is 0.686. The molecule has 1 saturated carbocycles. The lowest BCUT2D eigenvalue weighted by atomic mass is 9.62. The molecule has 0 saturated heterocycles. The summed E-state index contributed by atoms with van der Waals surface area (Å²) in [5, 5.41) is 0. The molecule has 1 heterocycles. The van der Waals surface area contributed by atoms with Crippen LogP contribution < -0.4 is 5.56 Å². The highest BCUT2D eigenvalue weighted by molar-refractivity contribution is 5.73. The predicted octanol–water partition coefficient (Wildman–Crippen LogP) is 4.86. The second kappa shape index (κ2) is 5.94. The van der Waals surface area contributed by atoms with E-state index < -0.39 is 0 Å². The van der Waals surface area contributed by atoms with E-state index in [9.17, 15) is 4.79 Å². The van der Waals surface area contributed by atoms with Gasteiger partial charge in [-0.25, -0.2) is 4.98 Å². The largest absolute Gasteiger partial charge is 0.306 e. The van der Waals surface area contributed by atoms with Crippen LogP contribution in [0, 0.1) is 0 Å². The number of fused-ring (bicyclic) bond motifs is 4. The lowest BCUT2D eigenvalue weighted by Gasteiger charge is -2.41. The zero-order valence-electron chi connectivity index (χ0n) is 14.8. The molecule has 0 amide bonds. The van der Waals surface area contributed by atoms with Gasteiger partial charge in [-0.05, 0) is 24.8 Å². The van der Waals surface area contributed by atoms with Crippen molar-refractivity contribution in [3.05, 3.63) is 76.1 Å². The molecule has 0 radical (unpaired) electrons. The van der Waals surface area contributed by atoms with Crippen LogP contribution in [0.1, 0.15) is 43.2 Å². The fraction of sp³-hybridized carbons (Fsp3) is 0.304. The molecule has 0 atom stereocenters. The molecule has 1 spiro atoms. The fourth-order valence-electron chi connectivity index (χ4n) is 4.91. The van der Waals surface area contributed by atoms with Gasteiger partial charge in [0.05, 0.1) is 11.3 Å². The minimum Gasteiger partial charge on any atom is -0.306 e. The van der Waals surface area contributed by atoms with Crippen molar-refractivity contribution in [2.75, 3.05) is 0 Å². The Morgan fingerprint density at radius 1 is 0.885 bits per heavy atom. The summed E-state index contributed by atoms with van der Waals surface area (Å²) in [6, 6.07) is 18.4. The molecule has 0 bridgehead atoms. The molecule has 2 aromatic carbocycles. The molecule has 1 fully saturated rings. The third kappa shape index (κ3) is 2.34. The van der Waals surface area contributed by atoms with E-state index in [1.165, 1.54) is 24.8 Å². The zero-order chi connectivity index (χ0) is 17.6. The van der Waals surface area contributed by atoms with Gasteiger partial charge in [-0.15, -0.1) is 0 Å². The van der Waals surface area contributed by atoms with E-state index in [2.05, 4.69) is 23.2 Å². The number of H-pyrrole nitrogens is 1. The van der Waals surface area contributed by atoms with Crippen LogP contribution >= 0.6 is 0 Å². The Kier molecular flexibility index (Phi) is 3.56. The first kappa shape index (κ1) is 15.6. The van der Waals surface area contributed by atoms with Crippen molar-refractivity contribution >= 4 is 0 Å². The molecular formula is C23H22N2O. The first-order valence-corrected chi connectivity index (χ1v) is 9.55. The molecule has 3 heteroatoms. The number of aromatic nitrogens is 2. The Morgan fingerprint density at radius 2 is 1.62 bits per heavy atom. The Bertz CT molecular complexity index is 1010. The summed E-state index contributed by atoms with van der Waals surface area (Å²) in [6.45, 7) is 0. The third-order valence-corrected chi connectivity index (χ3v) is 6.11. The first-order chi connectivity index (χ1) is 12.8. The van der Waals surface area contributed by atoms with Crippen LogP contribution in [-0.4, -0.2) is 9.97 Å². The van der Waals surface area contributed by atoms with Gasteiger partial charge >= 0.3 is 0 Å². The van der Waals surface area contributed by atoms with Crippen LogP contribution in [0.2, 0.25) is 0 Å². The molecule has 0 unspecified atom stereocenters. The maximum absolute atomic E-state index is 13.2. The van der Waals surface area contributed by atoms with Crippen LogP contribution in [-0.2, 0) is 11.8 Å². The molecule has 1 aromatic heterocycles. The normalized spacial score (nSPS) is 17.5. The second-order valence-corrected chi connectivity index (χ2v) is 7.68. The smallest absolute Gasteiger partial charge is 0.255 e. The summed E-state index contributed by atoms with van der Waals surface area (Å²) in [4.78, 5) is 21.3. The van der Waals surface area contributed by atoms with Gasteiger partial charge in [0.15, 0.2) is 0 Å². The highest BCUT2D eigenvalue weighted by atomic mass is 16.1. The molecule has 26 heavy (non-hydrogen) atoms. The monoisotopic (exact) mass is 342 g/mol. The van der Waals surface area contributed by atoms with E-state index >= 15 is 0 Å². The first-order valence-electron chi connectivity index (χ1n) is 9.55. The highest BCUT2D eigenvalue weighted by Crippen LogP contribution is 2.48. The molecule has 3 nitrogen and oxygen atoms in total. The van der Waals surface area contributed by atoms with Gasteiger partial charge in [0.25, 0.3) is 5.56 Å². The second-order valence-electron chi connectivity index (χ2n) is 7.68. The number of aromatic amines is 1. The van der Waals surface area contributed by atoms with Gasteiger partial charge in [0.2, 0.25) is 0 Å². The summed E-state index contributed by atoms with van der Waals surface area (Å²) in [5.41, 5.74) is 5.24. The van der Waals surface area contributed by atoms with Gasteiger partial charge in [-0.1, -0.05) is 73.9 Å². The van der Waals surface area contributed by atoms with Gasteiger partial charge in [-0.2, -0.15) is 0 Å². The molecule has 130 valence electrons. The van der Waals surface area contributed by atoms with Gasteiger partial charge < -0.3 is 4.98 Å². The van der Waals surface area contributed by atoms with Crippen LogP contribution in [0.15, 0.2) is 59.4 Å². The van der Waals surface area contributed by atoms with Crippen molar-refractivity contribution in [1.29, 1.82) is 0 Å². The Balaban J connectivity index is 1.79. The zero-order valence-corrected chi connectivity index (χ0v) is 14.8. The van der Waals surface area contributed by atoms with E-state index in [-0.39, 0.29) is 11.0 Å². The Hall–Kier alpha value is -2.68. The van der Waals surface area contributed by atoms with Gasteiger partial charge in [-0.3, -0.25) is 4.79 Å². The molecular weight excluding hydrogens is 320 g/mol. The molecule has 2 aliphatic carbocycles. The van der Waals surface area contributed by atoms with Crippen LogP contribution in [0.25, 0.3) is 22.6 Å². The van der Waals surface area contributed by atoms with E-state index in [4.69, 9.17) is 4.98 Å². The van der Waals surface area contributed by atoms with E-state index in [1.54, 1.807) is 0 Å². The Labute approximate surface area is 153 Å². The van der Waals surface area contributed by atoms with Crippen molar-refractivity contribution in [2.45, 2.75) is 43.9 Å². The van der Waals surface area contributed by atoms with Crippen LogP contribution in [0.3, 0.4) is 0 Å².